The normalized spacial score (nSPS) is 17.0. The molecule has 0 fully saturated rings. The summed E-state index contributed by atoms with van der Waals surface area (Å²) in [5.41, 5.74) is 1.13. The number of aromatic nitrogens is 1. The number of thiazole rings is 1. The Balaban J connectivity index is 1.84. The van der Waals surface area contributed by atoms with E-state index in [1.54, 1.807) is 11.3 Å². The molecule has 0 spiro atoms. The molecular weight excluding hydrogens is 206 g/mol. The van der Waals surface area contributed by atoms with Crippen LogP contribution in [-0.2, 0) is 6.54 Å². The fraction of sp³-hybridized carbons (Fsp3) is 0.636. The van der Waals surface area contributed by atoms with Gasteiger partial charge in [0.1, 0.15) is 0 Å². The number of hydrogen-bond donors (Lipinski definition) is 1. The summed E-state index contributed by atoms with van der Waals surface area (Å²) in [6, 6.07) is 0. The molecule has 0 aliphatic carbocycles. The summed E-state index contributed by atoms with van der Waals surface area (Å²) in [4.78, 5) is 8.95. The van der Waals surface area contributed by atoms with E-state index in [0.717, 1.165) is 36.0 Å². The fourth-order valence-corrected chi connectivity index (χ4v) is 2.31. The van der Waals surface area contributed by atoms with Crippen molar-refractivity contribution in [2.45, 2.75) is 39.2 Å². The Morgan fingerprint density at radius 3 is 3.13 bits per heavy atom. The van der Waals surface area contributed by atoms with E-state index in [-0.39, 0.29) is 0 Å². The highest BCUT2D eigenvalue weighted by atomic mass is 32.1. The van der Waals surface area contributed by atoms with Gasteiger partial charge in [0.25, 0.3) is 0 Å². The van der Waals surface area contributed by atoms with Gasteiger partial charge in [-0.1, -0.05) is 6.42 Å². The Bertz CT molecular complexity index is 343. The van der Waals surface area contributed by atoms with Gasteiger partial charge in [-0.25, -0.2) is 4.98 Å². The molecular formula is C11H17N3S. The van der Waals surface area contributed by atoms with Crippen LogP contribution in [-0.4, -0.2) is 17.4 Å². The molecule has 0 saturated carbocycles. The van der Waals surface area contributed by atoms with Gasteiger partial charge in [0.2, 0.25) is 0 Å². The van der Waals surface area contributed by atoms with Gasteiger partial charge in [0, 0.05) is 18.3 Å². The molecule has 0 unspecified atom stereocenters. The average Bonchev–Trinajstić information content (AvgIpc) is 2.52. The summed E-state index contributed by atoms with van der Waals surface area (Å²) in [6.45, 7) is 3.85. The minimum Gasteiger partial charge on any atom is -0.368 e. The van der Waals surface area contributed by atoms with Crippen LogP contribution in [0.15, 0.2) is 10.4 Å². The summed E-state index contributed by atoms with van der Waals surface area (Å²) in [5, 5.41) is 6.63. The Hall–Kier alpha value is -0.900. The molecule has 0 aromatic carbocycles. The van der Waals surface area contributed by atoms with Crippen molar-refractivity contribution < 1.29 is 0 Å². The zero-order valence-electron chi connectivity index (χ0n) is 9.12. The first-order chi connectivity index (χ1) is 7.34. The molecule has 1 aromatic heterocycles. The Morgan fingerprint density at radius 1 is 1.40 bits per heavy atom. The van der Waals surface area contributed by atoms with Crippen molar-refractivity contribution in [2.24, 2.45) is 4.99 Å². The Morgan fingerprint density at radius 2 is 2.33 bits per heavy atom. The van der Waals surface area contributed by atoms with E-state index in [0.29, 0.717) is 0 Å². The van der Waals surface area contributed by atoms with E-state index in [9.17, 15) is 0 Å². The smallest absolute Gasteiger partial charge is 0.0966 e. The molecule has 1 N–H and O–H groups in total. The first-order valence-electron chi connectivity index (χ1n) is 5.53. The quantitative estimate of drug-likeness (QED) is 0.836. The van der Waals surface area contributed by atoms with Gasteiger partial charge in [0.05, 0.1) is 23.1 Å². The lowest BCUT2D eigenvalue weighted by molar-refractivity contribution is 0.727. The summed E-state index contributed by atoms with van der Waals surface area (Å²) >= 11 is 1.70. The van der Waals surface area contributed by atoms with Crippen molar-refractivity contribution in [1.29, 1.82) is 0 Å². The summed E-state index contributed by atoms with van der Waals surface area (Å²) in [5.74, 6) is 1.16. The average molecular weight is 223 g/mol. The number of amidine groups is 1. The summed E-state index contributed by atoms with van der Waals surface area (Å²) in [7, 11) is 0. The van der Waals surface area contributed by atoms with Crippen LogP contribution in [0.3, 0.4) is 0 Å². The largest absolute Gasteiger partial charge is 0.368 e. The van der Waals surface area contributed by atoms with Crippen LogP contribution in [0.2, 0.25) is 0 Å². The minimum atomic E-state index is 0.823. The standard InChI is InChI=1S/C11H17N3S/c1-9-14-10(8-15-9)7-13-11-5-3-2-4-6-12-11/h8H,2-7H2,1H3,(H,12,13). The van der Waals surface area contributed by atoms with E-state index in [1.165, 1.54) is 19.3 Å². The zero-order chi connectivity index (χ0) is 10.5. The summed E-state index contributed by atoms with van der Waals surface area (Å²) in [6.07, 6.45) is 4.91. The van der Waals surface area contributed by atoms with Crippen LogP contribution in [0.1, 0.15) is 36.4 Å². The molecule has 3 nitrogen and oxygen atoms in total. The number of aliphatic imine (C=N–C) groups is 1. The van der Waals surface area contributed by atoms with E-state index >= 15 is 0 Å². The Kier molecular flexibility index (Phi) is 3.72. The topological polar surface area (TPSA) is 37.3 Å². The molecule has 1 aliphatic heterocycles. The third-order valence-corrected chi connectivity index (χ3v) is 3.34. The molecule has 82 valence electrons. The van der Waals surface area contributed by atoms with Crippen LogP contribution in [0.4, 0.5) is 0 Å². The van der Waals surface area contributed by atoms with Gasteiger partial charge in [0.15, 0.2) is 0 Å². The third kappa shape index (κ3) is 3.30. The van der Waals surface area contributed by atoms with E-state index in [2.05, 4.69) is 20.7 Å². The second kappa shape index (κ2) is 5.26. The number of nitrogens with zero attached hydrogens (tertiary/aromatic N) is 2. The highest BCUT2D eigenvalue weighted by Crippen LogP contribution is 2.09. The third-order valence-electron chi connectivity index (χ3n) is 2.51. The molecule has 4 heteroatoms. The van der Waals surface area contributed by atoms with Gasteiger partial charge >= 0.3 is 0 Å². The summed E-state index contributed by atoms with van der Waals surface area (Å²) < 4.78 is 0. The molecule has 1 aliphatic rings. The second-order valence-electron chi connectivity index (χ2n) is 3.85. The lowest BCUT2D eigenvalue weighted by atomic mass is 10.2. The fourth-order valence-electron chi connectivity index (χ4n) is 1.70. The van der Waals surface area contributed by atoms with Crippen molar-refractivity contribution in [1.82, 2.24) is 10.3 Å². The van der Waals surface area contributed by atoms with Crippen LogP contribution >= 0.6 is 11.3 Å². The first kappa shape index (κ1) is 10.6. The van der Waals surface area contributed by atoms with Gasteiger partial charge in [-0.3, -0.25) is 4.99 Å². The van der Waals surface area contributed by atoms with Crippen LogP contribution in [0.25, 0.3) is 0 Å². The predicted octanol–water partition coefficient (Wildman–Crippen LogP) is 2.51. The molecule has 0 atom stereocenters. The van der Waals surface area contributed by atoms with Crippen molar-refractivity contribution in [3.05, 3.63) is 16.1 Å². The van der Waals surface area contributed by atoms with Crippen LogP contribution in [0.5, 0.6) is 0 Å². The number of rotatable bonds is 2. The van der Waals surface area contributed by atoms with Crippen LogP contribution < -0.4 is 5.32 Å². The van der Waals surface area contributed by atoms with E-state index in [4.69, 9.17) is 0 Å². The number of nitrogens with one attached hydrogen (secondary N) is 1. The molecule has 0 saturated heterocycles. The highest BCUT2D eigenvalue weighted by molar-refractivity contribution is 7.09. The Labute approximate surface area is 94.7 Å². The number of aryl methyl sites for hydroxylation is 1. The minimum absolute atomic E-state index is 0.823. The van der Waals surface area contributed by atoms with Crippen molar-refractivity contribution in [3.63, 3.8) is 0 Å². The van der Waals surface area contributed by atoms with E-state index in [1.807, 2.05) is 6.92 Å². The lowest BCUT2D eigenvalue weighted by Crippen LogP contribution is -2.22. The molecule has 0 bridgehead atoms. The molecule has 0 amide bonds. The maximum Gasteiger partial charge on any atom is 0.0966 e. The number of hydrogen-bond acceptors (Lipinski definition) is 4. The van der Waals surface area contributed by atoms with Crippen molar-refractivity contribution >= 4 is 17.2 Å². The maximum atomic E-state index is 4.53. The first-order valence-corrected chi connectivity index (χ1v) is 6.41. The van der Waals surface area contributed by atoms with Crippen LogP contribution in [0, 0.1) is 6.92 Å². The van der Waals surface area contributed by atoms with E-state index < -0.39 is 0 Å². The SMILES string of the molecule is Cc1nc(CNC2=NCCCCC2)cs1. The molecule has 0 radical (unpaired) electrons. The van der Waals surface area contributed by atoms with Gasteiger partial charge in [-0.15, -0.1) is 11.3 Å². The highest BCUT2D eigenvalue weighted by Gasteiger charge is 2.04. The maximum absolute atomic E-state index is 4.53. The van der Waals surface area contributed by atoms with Gasteiger partial charge < -0.3 is 5.32 Å². The monoisotopic (exact) mass is 223 g/mol. The molecule has 2 rings (SSSR count). The van der Waals surface area contributed by atoms with Crippen molar-refractivity contribution in [2.75, 3.05) is 6.54 Å². The lowest BCUT2D eigenvalue weighted by Gasteiger charge is -2.05. The molecule has 2 heterocycles. The molecule has 15 heavy (non-hydrogen) atoms. The van der Waals surface area contributed by atoms with Gasteiger partial charge in [-0.05, 0) is 19.8 Å². The van der Waals surface area contributed by atoms with Gasteiger partial charge in [-0.2, -0.15) is 0 Å². The zero-order valence-corrected chi connectivity index (χ0v) is 9.94. The molecule has 1 aromatic rings. The predicted molar refractivity (Wildman–Crippen MR) is 64.5 cm³/mol. The van der Waals surface area contributed by atoms with Crippen molar-refractivity contribution in [3.8, 4) is 0 Å². The second-order valence-corrected chi connectivity index (χ2v) is 4.91.